The van der Waals surface area contributed by atoms with Gasteiger partial charge in [0.2, 0.25) is 0 Å². The zero-order valence-corrected chi connectivity index (χ0v) is 9.06. The summed E-state index contributed by atoms with van der Waals surface area (Å²) in [6.07, 6.45) is 0. The van der Waals surface area contributed by atoms with E-state index in [2.05, 4.69) is 0 Å². The van der Waals surface area contributed by atoms with Gasteiger partial charge >= 0.3 is 0 Å². The maximum atomic E-state index is 11.6. The molecule has 0 saturated carbocycles. The Hall–Kier alpha value is -1.31. The third kappa shape index (κ3) is 2.82. The van der Waals surface area contributed by atoms with Crippen molar-refractivity contribution in [1.29, 1.82) is 0 Å². The van der Waals surface area contributed by atoms with Gasteiger partial charge in [-0.1, -0.05) is 0 Å². The molecule has 0 aliphatic heterocycles. The number of hydrogen-bond acceptors (Lipinski definition) is 4. The van der Waals surface area contributed by atoms with Crippen LogP contribution in [0.1, 0.15) is 0 Å². The molecule has 82 valence electrons. The summed E-state index contributed by atoms with van der Waals surface area (Å²) < 4.78 is 12.8. The molecule has 0 aliphatic carbocycles. The molecule has 0 aromatic heterocycles. The minimum absolute atomic E-state index is 0.0316. The van der Waals surface area contributed by atoms with Gasteiger partial charge in [0.25, 0.3) is 5.69 Å². The van der Waals surface area contributed by atoms with E-state index in [0.29, 0.717) is 4.90 Å². The molecule has 1 unspecified atom stereocenters. The zero-order chi connectivity index (χ0) is 11.4. The number of non-ortho nitro benzene ring substituents is 1. The fraction of sp³-hybridized carbons (Fsp3) is 0.250. The van der Waals surface area contributed by atoms with E-state index in [0.717, 1.165) is 4.47 Å². The van der Waals surface area contributed by atoms with Crippen LogP contribution in [0.4, 0.5) is 5.69 Å². The fourth-order valence-electron chi connectivity index (χ4n) is 0.900. The van der Waals surface area contributed by atoms with E-state index in [4.69, 9.17) is 4.84 Å². The van der Waals surface area contributed by atoms with E-state index >= 15 is 0 Å². The molecule has 0 aliphatic rings. The average molecular weight is 230 g/mol. The topological polar surface area (TPSA) is 72.7 Å². The van der Waals surface area contributed by atoms with Crippen LogP contribution in [-0.2, 0) is 15.8 Å². The van der Waals surface area contributed by atoms with E-state index in [9.17, 15) is 14.3 Å². The lowest BCUT2D eigenvalue weighted by Gasteiger charge is -2.11. The van der Waals surface area contributed by atoms with Crippen LogP contribution in [-0.4, -0.2) is 27.8 Å². The molecule has 1 atom stereocenters. The van der Waals surface area contributed by atoms with Crippen LogP contribution < -0.4 is 0 Å². The van der Waals surface area contributed by atoms with Crippen LogP contribution in [0.2, 0.25) is 0 Å². The number of hydroxylamine groups is 1. The van der Waals surface area contributed by atoms with Crippen molar-refractivity contribution in [2.45, 2.75) is 4.90 Å². The molecule has 0 bridgehead atoms. The van der Waals surface area contributed by atoms with E-state index < -0.39 is 15.9 Å². The first kappa shape index (κ1) is 11.8. The van der Waals surface area contributed by atoms with Gasteiger partial charge in [0, 0.05) is 19.2 Å². The molecule has 1 rings (SSSR count). The van der Waals surface area contributed by atoms with Gasteiger partial charge in [0.05, 0.1) is 16.9 Å². The third-order valence-corrected chi connectivity index (χ3v) is 3.03. The van der Waals surface area contributed by atoms with Gasteiger partial charge < -0.3 is 0 Å². The summed E-state index contributed by atoms with van der Waals surface area (Å²) in [7, 11) is 1.44. The second-order valence-electron chi connectivity index (χ2n) is 2.62. The molecule has 7 heteroatoms. The van der Waals surface area contributed by atoms with Crippen molar-refractivity contribution in [1.82, 2.24) is 4.47 Å². The van der Waals surface area contributed by atoms with Crippen LogP contribution in [0.5, 0.6) is 0 Å². The summed E-state index contributed by atoms with van der Waals surface area (Å²) in [4.78, 5) is 15.1. The predicted molar refractivity (Wildman–Crippen MR) is 54.3 cm³/mol. The quantitative estimate of drug-likeness (QED) is 0.573. The van der Waals surface area contributed by atoms with Gasteiger partial charge in [-0.15, -0.1) is 4.47 Å². The molecular weight excluding hydrogens is 220 g/mol. The Morgan fingerprint density at radius 3 is 2.33 bits per heavy atom. The molecule has 0 N–H and O–H groups in total. The monoisotopic (exact) mass is 230 g/mol. The molecule has 1 aromatic rings. The van der Waals surface area contributed by atoms with Crippen LogP contribution >= 0.6 is 0 Å². The van der Waals surface area contributed by atoms with Crippen molar-refractivity contribution >= 4 is 16.7 Å². The Morgan fingerprint density at radius 2 is 1.93 bits per heavy atom. The molecule has 6 nitrogen and oxygen atoms in total. The SMILES string of the molecule is CON(C)S(=O)c1ccc([N+](=O)[O-])cc1. The number of nitro benzene ring substituents is 1. The highest BCUT2D eigenvalue weighted by Gasteiger charge is 2.11. The van der Waals surface area contributed by atoms with Gasteiger partial charge in [-0.3, -0.25) is 15.0 Å². The minimum atomic E-state index is -1.46. The van der Waals surface area contributed by atoms with Crippen molar-refractivity contribution < 1.29 is 14.0 Å². The van der Waals surface area contributed by atoms with Gasteiger partial charge in [0.15, 0.2) is 11.0 Å². The molecule has 1 aromatic carbocycles. The first-order valence-corrected chi connectivity index (χ1v) is 5.11. The molecule has 0 spiro atoms. The molecular formula is C8H10N2O4S. The maximum absolute atomic E-state index is 11.6. The highest BCUT2D eigenvalue weighted by molar-refractivity contribution is 7.82. The van der Waals surface area contributed by atoms with Gasteiger partial charge in [-0.25, -0.2) is 4.21 Å². The number of nitro groups is 1. The Kier molecular flexibility index (Phi) is 3.89. The minimum Gasteiger partial charge on any atom is -0.290 e. The van der Waals surface area contributed by atoms with Crippen LogP contribution in [0.3, 0.4) is 0 Å². The summed E-state index contributed by atoms with van der Waals surface area (Å²) in [5, 5.41) is 10.4. The largest absolute Gasteiger partial charge is 0.290 e. The summed E-state index contributed by atoms with van der Waals surface area (Å²) in [6.45, 7) is 0. The average Bonchev–Trinajstić information content (AvgIpc) is 2.27. The van der Waals surface area contributed by atoms with E-state index in [1.807, 2.05) is 0 Å². The summed E-state index contributed by atoms with van der Waals surface area (Å²) in [5.41, 5.74) is -0.0316. The van der Waals surface area contributed by atoms with E-state index in [1.54, 1.807) is 0 Å². The second kappa shape index (κ2) is 4.96. The van der Waals surface area contributed by atoms with Crippen LogP contribution in [0.15, 0.2) is 29.2 Å². The van der Waals surface area contributed by atoms with E-state index in [1.165, 1.54) is 38.4 Å². The maximum Gasteiger partial charge on any atom is 0.269 e. The smallest absolute Gasteiger partial charge is 0.269 e. The first-order valence-electron chi connectivity index (χ1n) is 4.00. The van der Waals surface area contributed by atoms with Crippen LogP contribution in [0, 0.1) is 10.1 Å². The van der Waals surface area contributed by atoms with Gasteiger partial charge in [-0.2, -0.15) is 0 Å². The Balaban J connectivity index is 2.89. The lowest BCUT2D eigenvalue weighted by molar-refractivity contribution is -0.384. The van der Waals surface area contributed by atoms with Crippen molar-refractivity contribution in [3.8, 4) is 0 Å². The van der Waals surface area contributed by atoms with Crippen molar-refractivity contribution in [2.24, 2.45) is 0 Å². The van der Waals surface area contributed by atoms with Crippen molar-refractivity contribution in [3.63, 3.8) is 0 Å². The predicted octanol–water partition coefficient (Wildman–Crippen LogP) is 1.11. The van der Waals surface area contributed by atoms with Crippen LogP contribution in [0.25, 0.3) is 0 Å². The number of nitrogens with zero attached hydrogens (tertiary/aromatic N) is 2. The summed E-state index contributed by atoms with van der Waals surface area (Å²) >= 11 is 0. The lowest BCUT2D eigenvalue weighted by atomic mass is 10.3. The van der Waals surface area contributed by atoms with Gasteiger partial charge in [0.1, 0.15) is 0 Å². The fourth-order valence-corrected chi connectivity index (χ4v) is 1.70. The summed E-state index contributed by atoms with van der Waals surface area (Å²) in [5.74, 6) is 0. The third-order valence-electron chi connectivity index (χ3n) is 1.74. The Bertz CT molecular complexity index is 379. The first-order chi connectivity index (χ1) is 7.06. The Labute approximate surface area is 89.2 Å². The molecule has 0 saturated heterocycles. The standard InChI is InChI=1S/C8H10N2O4S/c1-9(14-2)15(13)8-5-3-7(4-6-8)10(11)12/h3-6H,1-2H3. The normalized spacial score (nSPS) is 12.7. The molecule has 0 radical (unpaired) electrons. The van der Waals surface area contributed by atoms with Crippen molar-refractivity contribution in [2.75, 3.05) is 14.2 Å². The molecule has 0 amide bonds. The molecule has 15 heavy (non-hydrogen) atoms. The van der Waals surface area contributed by atoms with E-state index in [-0.39, 0.29) is 5.69 Å². The zero-order valence-electron chi connectivity index (χ0n) is 8.25. The van der Waals surface area contributed by atoms with Crippen molar-refractivity contribution in [3.05, 3.63) is 34.4 Å². The lowest BCUT2D eigenvalue weighted by Crippen LogP contribution is -2.19. The molecule has 0 fully saturated rings. The molecule has 0 heterocycles. The highest BCUT2D eigenvalue weighted by Crippen LogP contribution is 2.15. The Morgan fingerprint density at radius 1 is 1.40 bits per heavy atom. The van der Waals surface area contributed by atoms with Gasteiger partial charge in [-0.05, 0) is 12.1 Å². The second-order valence-corrected chi connectivity index (χ2v) is 4.11. The summed E-state index contributed by atoms with van der Waals surface area (Å²) in [6, 6.07) is 5.47. The number of rotatable bonds is 4. The number of hydrogen-bond donors (Lipinski definition) is 0. The highest BCUT2D eigenvalue weighted by atomic mass is 32.2. The number of benzene rings is 1.